The SMILES string of the molecule is C[C@@H]1CCO[C@H](CCCCO)C1. The molecule has 0 spiro atoms. The fourth-order valence-corrected chi connectivity index (χ4v) is 1.76. The molecule has 12 heavy (non-hydrogen) atoms. The first-order valence-electron chi connectivity index (χ1n) is 5.05. The molecule has 0 aromatic carbocycles. The van der Waals surface area contributed by atoms with E-state index in [1.807, 2.05) is 0 Å². The zero-order valence-corrected chi connectivity index (χ0v) is 7.96. The summed E-state index contributed by atoms with van der Waals surface area (Å²) in [6.07, 6.45) is 6.06. The number of hydrogen-bond acceptors (Lipinski definition) is 2. The van der Waals surface area contributed by atoms with Crippen LogP contribution < -0.4 is 0 Å². The van der Waals surface area contributed by atoms with Crippen LogP contribution >= 0.6 is 0 Å². The van der Waals surface area contributed by atoms with Crippen molar-refractivity contribution in [3.8, 4) is 0 Å². The van der Waals surface area contributed by atoms with Crippen LogP contribution in [0.2, 0.25) is 0 Å². The lowest BCUT2D eigenvalue weighted by Crippen LogP contribution is -2.24. The molecule has 1 fully saturated rings. The predicted octanol–water partition coefficient (Wildman–Crippen LogP) is 1.96. The Hall–Kier alpha value is -0.0800. The van der Waals surface area contributed by atoms with Crippen LogP contribution in [0, 0.1) is 5.92 Å². The molecular weight excluding hydrogens is 152 g/mol. The molecule has 72 valence electrons. The van der Waals surface area contributed by atoms with Gasteiger partial charge in [-0.25, -0.2) is 0 Å². The maximum absolute atomic E-state index is 8.61. The third kappa shape index (κ3) is 3.55. The highest BCUT2D eigenvalue weighted by molar-refractivity contribution is 4.68. The summed E-state index contributed by atoms with van der Waals surface area (Å²) >= 11 is 0. The molecule has 0 amide bonds. The summed E-state index contributed by atoms with van der Waals surface area (Å²) in [5, 5.41) is 8.61. The Balaban J connectivity index is 2.06. The van der Waals surface area contributed by atoms with Crippen LogP contribution in [0.4, 0.5) is 0 Å². The lowest BCUT2D eigenvalue weighted by molar-refractivity contribution is -0.0109. The van der Waals surface area contributed by atoms with Gasteiger partial charge in [0, 0.05) is 13.2 Å². The highest BCUT2D eigenvalue weighted by atomic mass is 16.5. The Morgan fingerprint density at radius 2 is 2.25 bits per heavy atom. The number of ether oxygens (including phenoxy) is 1. The quantitative estimate of drug-likeness (QED) is 0.657. The van der Waals surface area contributed by atoms with Crippen molar-refractivity contribution >= 4 is 0 Å². The van der Waals surface area contributed by atoms with E-state index in [0.717, 1.165) is 31.8 Å². The lowest BCUT2D eigenvalue weighted by Gasteiger charge is -2.27. The first-order valence-corrected chi connectivity index (χ1v) is 5.05. The van der Waals surface area contributed by atoms with E-state index in [9.17, 15) is 0 Å². The van der Waals surface area contributed by atoms with Gasteiger partial charge in [-0.2, -0.15) is 0 Å². The van der Waals surface area contributed by atoms with Crippen molar-refractivity contribution in [2.24, 2.45) is 5.92 Å². The minimum atomic E-state index is 0.322. The fraction of sp³-hybridized carbons (Fsp3) is 1.00. The van der Waals surface area contributed by atoms with E-state index in [4.69, 9.17) is 9.84 Å². The zero-order chi connectivity index (χ0) is 8.81. The lowest BCUT2D eigenvalue weighted by atomic mass is 9.95. The number of hydrogen-bond donors (Lipinski definition) is 1. The molecule has 2 atom stereocenters. The molecule has 1 rings (SSSR count). The molecule has 0 unspecified atom stereocenters. The topological polar surface area (TPSA) is 29.5 Å². The summed E-state index contributed by atoms with van der Waals surface area (Å²) in [6, 6.07) is 0. The van der Waals surface area contributed by atoms with Gasteiger partial charge in [-0.05, 0) is 38.0 Å². The average Bonchev–Trinajstić information content (AvgIpc) is 2.05. The van der Waals surface area contributed by atoms with Gasteiger partial charge in [0.25, 0.3) is 0 Å². The molecule has 2 heteroatoms. The second kappa shape index (κ2) is 5.55. The van der Waals surface area contributed by atoms with Crippen LogP contribution in [0.25, 0.3) is 0 Å². The van der Waals surface area contributed by atoms with Crippen LogP contribution in [-0.2, 0) is 4.74 Å². The van der Waals surface area contributed by atoms with Crippen molar-refractivity contribution < 1.29 is 9.84 Å². The molecule has 0 radical (unpaired) electrons. The third-order valence-electron chi connectivity index (χ3n) is 2.56. The fourth-order valence-electron chi connectivity index (χ4n) is 1.76. The van der Waals surface area contributed by atoms with Crippen molar-refractivity contribution in [2.75, 3.05) is 13.2 Å². The molecule has 1 aliphatic rings. The molecule has 0 aromatic heterocycles. The predicted molar refractivity (Wildman–Crippen MR) is 49.1 cm³/mol. The Morgan fingerprint density at radius 1 is 1.42 bits per heavy atom. The van der Waals surface area contributed by atoms with Gasteiger partial charge in [0.05, 0.1) is 6.10 Å². The maximum Gasteiger partial charge on any atom is 0.0577 e. The van der Waals surface area contributed by atoms with Gasteiger partial charge in [-0.15, -0.1) is 0 Å². The van der Waals surface area contributed by atoms with Gasteiger partial charge in [0.2, 0.25) is 0 Å². The minimum absolute atomic E-state index is 0.322. The normalized spacial score (nSPS) is 30.5. The van der Waals surface area contributed by atoms with Crippen LogP contribution in [-0.4, -0.2) is 24.4 Å². The molecule has 0 saturated carbocycles. The van der Waals surface area contributed by atoms with Crippen molar-refractivity contribution in [3.63, 3.8) is 0 Å². The van der Waals surface area contributed by atoms with E-state index in [1.165, 1.54) is 12.8 Å². The van der Waals surface area contributed by atoms with Gasteiger partial charge in [-0.3, -0.25) is 0 Å². The highest BCUT2D eigenvalue weighted by Gasteiger charge is 2.18. The summed E-state index contributed by atoms with van der Waals surface area (Å²) in [6.45, 7) is 3.55. The van der Waals surface area contributed by atoms with Gasteiger partial charge in [-0.1, -0.05) is 6.92 Å². The molecule has 1 saturated heterocycles. The molecular formula is C10H20O2. The number of aliphatic hydroxyl groups excluding tert-OH is 1. The van der Waals surface area contributed by atoms with Crippen LogP contribution in [0.15, 0.2) is 0 Å². The Morgan fingerprint density at radius 3 is 2.92 bits per heavy atom. The van der Waals surface area contributed by atoms with Crippen LogP contribution in [0.1, 0.15) is 39.0 Å². The van der Waals surface area contributed by atoms with Gasteiger partial charge in [0.15, 0.2) is 0 Å². The summed E-state index contributed by atoms with van der Waals surface area (Å²) < 4.78 is 5.61. The van der Waals surface area contributed by atoms with Crippen molar-refractivity contribution in [1.82, 2.24) is 0 Å². The minimum Gasteiger partial charge on any atom is -0.396 e. The molecule has 0 aliphatic carbocycles. The Kier molecular flexibility index (Phi) is 4.62. The number of aliphatic hydroxyl groups is 1. The van der Waals surface area contributed by atoms with Gasteiger partial charge in [0.1, 0.15) is 0 Å². The zero-order valence-electron chi connectivity index (χ0n) is 7.96. The first-order chi connectivity index (χ1) is 5.83. The van der Waals surface area contributed by atoms with Crippen molar-refractivity contribution in [2.45, 2.75) is 45.1 Å². The summed E-state index contributed by atoms with van der Waals surface area (Å²) in [7, 11) is 0. The van der Waals surface area contributed by atoms with Gasteiger partial charge >= 0.3 is 0 Å². The average molecular weight is 172 g/mol. The van der Waals surface area contributed by atoms with Gasteiger partial charge < -0.3 is 9.84 Å². The molecule has 0 bridgehead atoms. The highest BCUT2D eigenvalue weighted by Crippen LogP contribution is 2.22. The van der Waals surface area contributed by atoms with E-state index in [-0.39, 0.29) is 0 Å². The second-order valence-corrected chi connectivity index (χ2v) is 3.84. The molecule has 0 aromatic rings. The molecule has 2 nitrogen and oxygen atoms in total. The molecule has 1 N–H and O–H groups in total. The van der Waals surface area contributed by atoms with Crippen LogP contribution in [0.5, 0.6) is 0 Å². The second-order valence-electron chi connectivity index (χ2n) is 3.84. The maximum atomic E-state index is 8.61. The smallest absolute Gasteiger partial charge is 0.0577 e. The number of rotatable bonds is 4. The van der Waals surface area contributed by atoms with E-state index in [0.29, 0.717) is 12.7 Å². The molecule has 1 heterocycles. The monoisotopic (exact) mass is 172 g/mol. The van der Waals surface area contributed by atoms with Crippen LogP contribution in [0.3, 0.4) is 0 Å². The number of unbranched alkanes of at least 4 members (excludes halogenated alkanes) is 1. The first kappa shape index (κ1) is 10.0. The van der Waals surface area contributed by atoms with E-state index in [2.05, 4.69) is 6.92 Å². The van der Waals surface area contributed by atoms with E-state index in [1.54, 1.807) is 0 Å². The van der Waals surface area contributed by atoms with E-state index >= 15 is 0 Å². The third-order valence-corrected chi connectivity index (χ3v) is 2.56. The standard InChI is InChI=1S/C10H20O2/c1-9-5-7-12-10(8-9)4-2-3-6-11/h9-11H,2-8H2,1H3/t9-,10-/m1/s1. The summed E-state index contributed by atoms with van der Waals surface area (Å²) in [4.78, 5) is 0. The van der Waals surface area contributed by atoms with Crippen molar-refractivity contribution in [1.29, 1.82) is 0 Å². The Bertz CT molecular complexity index is 114. The molecule has 1 aliphatic heterocycles. The Labute approximate surface area is 74.9 Å². The summed E-state index contributed by atoms with van der Waals surface area (Å²) in [5.74, 6) is 0.831. The van der Waals surface area contributed by atoms with Crippen molar-refractivity contribution in [3.05, 3.63) is 0 Å². The van der Waals surface area contributed by atoms with E-state index < -0.39 is 0 Å². The largest absolute Gasteiger partial charge is 0.396 e. The summed E-state index contributed by atoms with van der Waals surface area (Å²) in [5.41, 5.74) is 0.